The summed E-state index contributed by atoms with van der Waals surface area (Å²) in [5.74, 6) is 0.612. The summed E-state index contributed by atoms with van der Waals surface area (Å²) in [4.78, 5) is 0. The van der Waals surface area contributed by atoms with E-state index in [4.69, 9.17) is 0 Å². The van der Waals surface area contributed by atoms with Crippen LogP contribution in [0.15, 0.2) is 57.5 Å². The quantitative estimate of drug-likeness (QED) is 0.659. The number of hydrogen-bond acceptors (Lipinski definition) is 1. The molecular formula is C18H21Br2N. The zero-order valence-corrected chi connectivity index (χ0v) is 15.5. The van der Waals surface area contributed by atoms with Gasteiger partial charge < -0.3 is 5.32 Å². The van der Waals surface area contributed by atoms with Gasteiger partial charge in [0.1, 0.15) is 0 Å². The number of benzene rings is 2. The summed E-state index contributed by atoms with van der Waals surface area (Å²) in [7, 11) is 0. The maximum atomic E-state index is 3.56. The molecule has 0 bridgehead atoms. The summed E-state index contributed by atoms with van der Waals surface area (Å²) in [6, 6.07) is 17.3. The zero-order chi connectivity index (χ0) is 15.1. The van der Waals surface area contributed by atoms with Crippen molar-refractivity contribution in [3.8, 4) is 0 Å². The first-order chi connectivity index (χ1) is 10.2. The normalized spacial score (nSPS) is 12.3. The SMILES string of the molecule is CCNCC(Cc1ccc(Br)cc1)Cc1cccc(Br)c1. The lowest BCUT2D eigenvalue weighted by atomic mass is 9.92. The maximum Gasteiger partial charge on any atom is 0.0177 e. The lowest BCUT2D eigenvalue weighted by Gasteiger charge is -2.18. The second kappa shape index (κ2) is 8.72. The van der Waals surface area contributed by atoms with Crippen LogP contribution in [-0.4, -0.2) is 13.1 Å². The molecule has 1 N–H and O–H groups in total. The summed E-state index contributed by atoms with van der Waals surface area (Å²) >= 11 is 7.06. The smallest absolute Gasteiger partial charge is 0.0177 e. The second-order valence-corrected chi connectivity index (χ2v) is 7.17. The van der Waals surface area contributed by atoms with Gasteiger partial charge in [0.25, 0.3) is 0 Å². The third-order valence-corrected chi connectivity index (χ3v) is 4.56. The Bertz CT molecular complexity index is 551. The predicted molar refractivity (Wildman–Crippen MR) is 97.7 cm³/mol. The van der Waals surface area contributed by atoms with Gasteiger partial charge in [-0.25, -0.2) is 0 Å². The molecule has 0 radical (unpaired) electrons. The maximum absolute atomic E-state index is 3.56. The standard InChI is InChI=1S/C18H21Br2N/c1-2-21-13-16(10-14-6-8-17(19)9-7-14)11-15-4-3-5-18(20)12-15/h3-9,12,16,21H,2,10-11,13H2,1H3. The van der Waals surface area contributed by atoms with Crippen LogP contribution in [0.1, 0.15) is 18.1 Å². The molecule has 21 heavy (non-hydrogen) atoms. The van der Waals surface area contributed by atoms with Gasteiger partial charge >= 0.3 is 0 Å². The molecule has 1 atom stereocenters. The molecule has 0 saturated carbocycles. The van der Waals surface area contributed by atoms with Gasteiger partial charge in [-0.1, -0.05) is 63.0 Å². The highest BCUT2D eigenvalue weighted by Gasteiger charge is 2.11. The van der Waals surface area contributed by atoms with Gasteiger partial charge in [-0.05, 0) is 67.2 Å². The zero-order valence-electron chi connectivity index (χ0n) is 12.3. The average Bonchev–Trinajstić information content (AvgIpc) is 2.47. The molecule has 2 aromatic carbocycles. The summed E-state index contributed by atoms with van der Waals surface area (Å²) in [5.41, 5.74) is 2.79. The van der Waals surface area contributed by atoms with E-state index in [1.165, 1.54) is 11.1 Å². The molecule has 3 heteroatoms. The third kappa shape index (κ3) is 5.93. The molecule has 0 saturated heterocycles. The minimum Gasteiger partial charge on any atom is -0.317 e. The Morgan fingerprint density at radius 3 is 2.29 bits per heavy atom. The molecule has 0 fully saturated rings. The van der Waals surface area contributed by atoms with E-state index in [2.05, 4.69) is 92.6 Å². The van der Waals surface area contributed by atoms with Crippen LogP contribution in [0.2, 0.25) is 0 Å². The van der Waals surface area contributed by atoms with Crippen LogP contribution in [0.4, 0.5) is 0 Å². The highest BCUT2D eigenvalue weighted by Crippen LogP contribution is 2.19. The van der Waals surface area contributed by atoms with Crippen LogP contribution < -0.4 is 5.32 Å². The summed E-state index contributed by atoms with van der Waals surface area (Å²) in [6.07, 6.45) is 2.20. The topological polar surface area (TPSA) is 12.0 Å². The number of rotatable bonds is 7. The molecule has 0 aromatic heterocycles. The Morgan fingerprint density at radius 1 is 0.905 bits per heavy atom. The van der Waals surface area contributed by atoms with Crippen molar-refractivity contribution in [3.05, 3.63) is 68.6 Å². The van der Waals surface area contributed by atoms with Crippen molar-refractivity contribution in [2.75, 3.05) is 13.1 Å². The van der Waals surface area contributed by atoms with Gasteiger partial charge in [0.05, 0.1) is 0 Å². The van der Waals surface area contributed by atoms with E-state index in [9.17, 15) is 0 Å². The van der Waals surface area contributed by atoms with Gasteiger partial charge in [0, 0.05) is 8.95 Å². The van der Waals surface area contributed by atoms with Crippen molar-refractivity contribution < 1.29 is 0 Å². The first-order valence-electron chi connectivity index (χ1n) is 7.37. The third-order valence-electron chi connectivity index (χ3n) is 3.53. The van der Waals surface area contributed by atoms with Crippen LogP contribution in [0.25, 0.3) is 0 Å². The van der Waals surface area contributed by atoms with Crippen molar-refractivity contribution in [1.82, 2.24) is 5.32 Å². The largest absolute Gasteiger partial charge is 0.317 e. The van der Waals surface area contributed by atoms with Crippen molar-refractivity contribution >= 4 is 31.9 Å². The molecule has 0 aliphatic heterocycles. The van der Waals surface area contributed by atoms with Gasteiger partial charge in [-0.3, -0.25) is 0 Å². The van der Waals surface area contributed by atoms with Crippen molar-refractivity contribution in [2.45, 2.75) is 19.8 Å². The van der Waals surface area contributed by atoms with E-state index >= 15 is 0 Å². The van der Waals surface area contributed by atoms with E-state index in [1.54, 1.807) is 0 Å². The molecular weight excluding hydrogens is 390 g/mol. The van der Waals surface area contributed by atoms with Crippen LogP contribution in [0.5, 0.6) is 0 Å². The fourth-order valence-corrected chi connectivity index (χ4v) is 3.23. The first-order valence-corrected chi connectivity index (χ1v) is 8.95. The molecule has 2 aromatic rings. The van der Waals surface area contributed by atoms with E-state index in [1.807, 2.05) is 0 Å². The van der Waals surface area contributed by atoms with Crippen LogP contribution in [-0.2, 0) is 12.8 Å². The molecule has 112 valence electrons. The van der Waals surface area contributed by atoms with Gasteiger partial charge in [-0.15, -0.1) is 0 Å². The number of halogens is 2. The summed E-state index contributed by atoms with van der Waals surface area (Å²) in [5, 5.41) is 3.49. The van der Waals surface area contributed by atoms with Crippen molar-refractivity contribution in [3.63, 3.8) is 0 Å². The molecule has 0 heterocycles. The number of nitrogens with one attached hydrogen (secondary N) is 1. The summed E-state index contributed by atoms with van der Waals surface area (Å²) in [6.45, 7) is 4.24. The van der Waals surface area contributed by atoms with E-state index in [0.717, 1.165) is 34.9 Å². The minimum atomic E-state index is 0.612. The molecule has 0 aliphatic rings. The Labute approximate surface area is 144 Å². The molecule has 2 rings (SSSR count). The molecule has 1 nitrogen and oxygen atoms in total. The van der Waals surface area contributed by atoms with E-state index in [-0.39, 0.29) is 0 Å². The Hall–Kier alpha value is -0.640. The summed E-state index contributed by atoms with van der Waals surface area (Å²) < 4.78 is 2.30. The van der Waals surface area contributed by atoms with Crippen molar-refractivity contribution in [2.24, 2.45) is 5.92 Å². The van der Waals surface area contributed by atoms with Gasteiger partial charge in [-0.2, -0.15) is 0 Å². The Balaban J connectivity index is 2.04. The Kier molecular flexibility index (Phi) is 6.94. The van der Waals surface area contributed by atoms with Crippen LogP contribution in [0.3, 0.4) is 0 Å². The van der Waals surface area contributed by atoms with Gasteiger partial charge in [0.15, 0.2) is 0 Å². The van der Waals surface area contributed by atoms with E-state index in [0.29, 0.717) is 5.92 Å². The lowest BCUT2D eigenvalue weighted by molar-refractivity contribution is 0.478. The second-order valence-electron chi connectivity index (χ2n) is 5.34. The van der Waals surface area contributed by atoms with Gasteiger partial charge in [0.2, 0.25) is 0 Å². The molecule has 0 amide bonds. The van der Waals surface area contributed by atoms with Crippen LogP contribution >= 0.6 is 31.9 Å². The molecule has 0 aliphatic carbocycles. The Morgan fingerprint density at radius 2 is 1.62 bits per heavy atom. The minimum absolute atomic E-state index is 0.612. The highest BCUT2D eigenvalue weighted by atomic mass is 79.9. The lowest BCUT2D eigenvalue weighted by Crippen LogP contribution is -2.25. The fourth-order valence-electron chi connectivity index (χ4n) is 2.52. The predicted octanol–water partition coefficient (Wildman–Crippen LogP) is 5.22. The van der Waals surface area contributed by atoms with Crippen LogP contribution in [0, 0.1) is 5.92 Å². The van der Waals surface area contributed by atoms with E-state index < -0.39 is 0 Å². The highest BCUT2D eigenvalue weighted by molar-refractivity contribution is 9.10. The molecule has 1 unspecified atom stereocenters. The van der Waals surface area contributed by atoms with Crippen molar-refractivity contribution in [1.29, 1.82) is 0 Å². The first kappa shape index (κ1) is 16.7. The monoisotopic (exact) mass is 409 g/mol. The number of hydrogen-bond donors (Lipinski definition) is 1. The fraction of sp³-hybridized carbons (Fsp3) is 0.333. The average molecular weight is 411 g/mol. The molecule has 0 spiro atoms.